The number of fused-ring (bicyclic) bond motifs is 1. The maximum Gasteiger partial charge on any atom is 0.339 e. The van der Waals surface area contributed by atoms with Crippen molar-refractivity contribution in [2.75, 3.05) is 5.32 Å². The number of rotatable bonds is 5. The predicted octanol–water partition coefficient (Wildman–Crippen LogP) is 4.40. The fourth-order valence-electron chi connectivity index (χ4n) is 2.96. The lowest BCUT2D eigenvalue weighted by atomic mass is 9.92. The maximum absolute atomic E-state index is 12.7. The lowest BCUT2D eigenvalue weighted by Gasteiger charge is -2.19. The molecule has 4 rings (SSSR count). The summed E-state index contributed by atoms with van der Waals surface area (Å²) in [6.45, 7) is 0. The largest absolute Gasteiger partial charge is 0.379 e. The van der Waals surface area contributed by atoms with Crippen LogP contribution in [0.3, 0.4) is 0 Å². The third kappa shape index (κ3) is 3.72. The van der Waals surface area contributed by atoms with Gasteiger partial charge in [0.2, 0.25) is 11.6 Å². The average molecular weight is 440 g/mol. The number of Topliss-reactive ketones (excluding diaryl/α,β-unsaturated/α-hetero) is 2. The van der Waals surface area contributed by atoms with Crippen LogP contribution in [0.1, 0.15) is 20.7 Å². The molecule has 0 atom stereocenters. The Morgan fingerprint density at radius 2 is 1.30 bits per heavy atom. The molecule has 150 valence electrons. The Balaban J connectivity index is 1.55. The van der Waals surface area contributed by atoms with E-state index in [4.69, 9.17) is 15.8 Å². The lowest BCUT2D eigenvalue weighted by molar-refractivity contribution is 0.0982. The average Bonchev–Trinajstić information content (AvgIpc) is 2.77. The fourth-order valence-corrected chi connectivity index (χ4v) is 4.14. The van der Waals surface area contributed by atoms with Gasteiger partial charge in [0.25, 0.3) is 0 Å². The number of allylic oxidation sites excluding steroid dienone is 2. The van der Waals surface area contributed by atoms with E-state index in [1.54, 1.807) is 42.5 Å². The Morgan fingerprint density at radius 3 is 1.93 bits per heavy atom. The van der Waals surface area contributed by atoms with Gasteiger partial charge in [-0.2, -0.15) is 8.42 Å². The van der Waals surface area contributed by atoms with Gasteiger partial charge in [-0.15, -0.1) is 0 Å². The molecule has 0 fully saturated rings. The van der Waals surface area contributed by atoms with E-state index >= 15 is 0 Å². The number of anilines is 1. The Labute approximate surface area is 177 Å². The van der Waals surface area contributed by atoms with Gasteiger partial charge in [0.1, 0.15) is 21.4 Å². The SMILES string of the molecule is O=C1C(Cl)=C(Nc2ccc(OS(=O)(=O)c3ccccc3)cc2)C(=O)c2ccccc21. The molecule has 1 aliphatic rings. The van der Waals surface area contributed by atoms with Gasteiger partial charge in [0.05, 0.1) is 0 Å². The van der Waals surface area contributed by atoms with E-state index in [1.165, 1.54) is 36.4 Å². The summed E-state index contributed by atoms with van der Waals surface area (Å²) < 4.78 is 29.7. The number of nitrogens with one attached hydrogen (secondary N) is 1. The molecule has 8 heteroatoms. The second-order valence-corrected chi connectivity index (χ2v) is 8.32. The number of carbonyl (C=O) groups is 2. The molecule has 0 radical (unpaired) electrons. The zero-order valence-corrected chi connectivity index (χ0v) is 16.9. The minimum Gasteiger partial charge on any atom is -0.379 e. The second-order valence-electron chi connectivity index (χ2n) is 6.39. The van der Waals surface area contributed by atoms with Crippen molar-refractivity contribution in [3.05, 3.63) is 101 Å². The van der Waals surface area contributed by atoms with Crippen LogP contribution >= 0.6 is 11.6 Å². The van der Waals surface area contributed by atoms with Crippen molar-refractivity contribution in [2.24, 2.45) is 0 Å². The molecule has 0 saturated heterocycles. The van der Waals surface area contributed by atoms with Gasteiger partial charge in [-0.3, -0.25) is 9.59 Å². The first-order valence-electron chi connectivity index (χ1n) is 8.81. The molecule has 0 bridgehead atoms. The van der Waals surface area contributed by atoms with Crippen molar-refractivity contribution >= 4 is 39.0 Å². The number of ketones is 2. The standard InChI is InChI=1S/C22H14ClNO5S/c23-19-20(22(26)18-9-5-4-8-17(18)21(19)25)24-14-10-12-15(13-11-14)29-30(27,28)16-6-2-1-3-7-16/h1-13,24H. The minimum absolute atomic E-state index is 0.0362. The highest BCUT2D eigenvalue weighted by atomic mass is 35.5. The number of carbonyl (C=O) groups excluding carboxylic acids is 2. The number of benzene rings is 3. The van der Waals surface area contributed by atoms with E-state index in [9.17, 15) is 18.0 Å². The Kier molecular flexibility index (Phi) is 5.15. The number of halogens is 1. The maximum atomic E-state index is 12.7. The Bertz CT molecular complexity index is 1280. The first-order valence-corrected chi connectivity index (χ1v) is 10.6. The topological polar surface area (TPSA) is 89.5 Å². The van der Waals surface area contributed by atoms with Crippen molar-refractivity contribution in [1.82, 2.24) is 0 Å². The summed E-state index contributed by atoms with van der Waals surface area (Å²) in [6, 6.07) is 20.1. The van der Waals surface area contributed by atoms with Crippen LogP contribution in [0.2, 0.25) is 0 Å². The van der Waals surface area contributed by atoms with E-state index in [0.717, 1.165) is 0 Å². The van der Waals surface area contributed by atoms with E-state index in [2.05, 4.69) is 5.32 Å². The molecule has 3 aromatic rings. The predicted molar refractivity (Wildman–Crippen MR) is 112 cm³/mol. The van der Waals surface area contributed by atoms with Crippen molar-refractivity contribution in [1.29, 1.82) is 0 Å². The van der Waals surface area contributed by atoms with Gasteiger partial charge in [0.15, 0.2) is 0 Å². The first kappa shape index (κ1) is 19.9. The zero-order chi connectivity index (χ0) is 21.3. The second kappa shape index (κ2) is 7.78. The molecule has 0 saturated carbocycles. The highest BCUT2D eigenvalue weighted by molar-refractivity contribution is 7.87. The summed E-state index contributed by atoms with van der Waals surface area (Å²) >= 11 is 6.13. The smallest absolute Gasteiger partial charge is 0.339 e. The summed E-state index contributed by atoms with van der Waals surface area (Å²) in [5, 5.41) is 2.64. The minimum atomic E-state index is -3.96. The molecule has 1 N–H and O–H groups in total. The molecule has 1 aliphatic carbocycles. The molecule has 0 unspecified atom stereocenters. The van der Waals surface area contributed by atoms with Crippen LogP contribution in [0, 0.1) is 0 Å². The van der Waals surface area contributed by atoms with E-state index in [0.29, 0.717) is 5.69 Å². The molecular formula is C22H14ClNO5S. The first-order chi connectivity index (χ1) is 14.4. The normalized spacial score (nSPS) is 13.8. The molecule has 0 aromatic heterocycles. The zero-order valence-electron chi connectivity index (χ0n) is 15.3. The summed E-state index contributed by atoms with van der Waals surface area (Å²) in [4.78, 5) is 25.2. The highest BCUT2D eigenvalue weighted by Gasteiger charge is 2.31. The molecule has 3 aromatic carbocycles. The van der Waals surface area contributed by atoms with Gasteiger partial charge in [-0.25, -0.2) is 0 Å². The molecule has 0 aliphatic heterocycles. The van der Waals surface area contributed by atoms with Crippen LogP contribution in [0.4, 0.5) is 5.69 Å². The Hall–Kier alpha value is -3.42. The molecule has 6 nitrogen and oxygen atoms in total. The van der Waals surface area contributed by atoms with Crippen molar-refractivity contribution in [3.8, 4) is 5.75 Å². The monoisotopic (exact) mass is 439 g/mol. The molecular weight excluding hydrogens is 426 g/mol. The van der Waals surface area contributed by atoms with Crippen LogP contribution in [0.5, 0.6) is 5.75 Å². The fraction of sp³-hybridized carbons (Fsp3) is 0. The molecule has 0 heterocycles. The van der Waals surface area contributed by atoms with Gasteiger partial charge in [-0.05, 0) is 36.4 Å². The number of hydrogen-bond acceptors (Lipinski definition) is 6. The highest BCUT2D eigenvalue weighted by Crippen LogP contribution is 2.30. The van der Waals surface area contributed by atoms with Gasteiger partial charge in [0, 0.05) is 16.8 Å². The van der Waals surface area contributed by atoms with Crippen LogP contribution in [-0.4, -0.2) is 20.0 Å². The van der Waals surface area contributed by atoms with Crippen molar-refractivity contribution in [3.63, 3.8) is 0 Å². The van der Waals surface area contributed by atoms with Crippen LogP contribution in [0.15, 0.2) is 94.5 Å². The third-order valence-corrected chi connectivity index (χ3v) is 6.05. The summed E-state index contributed by atoms with van der Waals surface area (Å²) in [5.41, 5.74) is 0.926. The third-order valence-electron chi connectivity index (χ3n) is 4.42. The van der Waals surface area contributed by atoms with Crippen LogP contribution in [0.25, 0.3) is 0 Å². The molecule has 0 spiro atoms. The van der Waals surface area contributed by atoms with E-state index < -0.39 is 21.7 Å². The summed E-state index contributed by atoms with van der Waals surface area (Å²) in [5.74, 6) is -0.744. The van der Waals surface area contributed by atoms with E-state index in [-0.39, 0.29) is 32.5 Å². The molecule has 0 amide bonds. The molecule has 30 heavy (non-hydrogen) atoms. The van der Waals surface area contributed by atoms with Gasteiger partial charge >= 0.3 is 10.1 Å². The lowest BCUT2D eigenvalue weighted by Crippen LogP contribution is -2.24. The number of hydrogen-bond donors (Lipinski definition) is 1. The van der Waals surface area contributed by atoms with E-state index in [1.807, 2.05) is 0 Å². The van der Waals surface area contributed by atoms with Crippen molar-refractivity contribution < 1.29 is 22.2 Å². The van der Waals surface area contributed by atoms with Crippen molar-refractivity contribution in [2.45, 2.75) is 4.90 Å². The quantitative estimate of drug-likeness (QED) is 0.593. The Morgan fingerprint density at radius 1 is 0.733 bits per heavy atom. The van der Waals surface area contributed by atoms with Crippen LogP contribution in [-0.2, 0) is 10.1 Å². The van der Waals surface area contributed by atoms with Gasteiger partial charge in [-0.1, -0.05) is 54.1 Å². The summed E-state index contributed by atoms with van der Waals surface area (Å²) in [6.07, 6.45) is 0. The van der Waals surface area contributed by atoms with Crippen LogP contribution < -0.4 is 9.50 Å². The van der Waals surface area contributed by atoms with Gasteiger partial charge < -0.3 is 9.50 Å². The summed E-state index contributed by atoms with van der Waals surface area (Å²) in [7, 11) is -3.96.